The number of fused-ring (bicyclic) bond motifs is 2. The molecule has 0 fully saturated rings. The minimum absolute atomic E-state index is 0.168. The van der Waals surface area contributed by atoms with Crippen LogP contribution >= 0.6 is 15.9 Å². The predicted molar refractivity (Wildman–Crippen MR) is 103 cm³/mol. The molecule has 0 saturated heterocycles. The van der Waals surface area contributed by atoms with Gasteiger partial charge in [-0.15, -0.1) is 0 Å². The highest BCUT2D eigenvalue weighted by Crippen LogP contribution is 2.33. The highest BCUT2D eigenvalue weighted by molar-refractivity contribution is 9.10. The van der Waals surface area contributed by atoms with E-state index < -0.39 is 6.16 Å². The fourth-order valence-corrected chi connectivity index (χ4v) is 3.67. The molecule has 1 aliphatic rings. The lowest BCUT2D eigenvalue weighted by molar-refractivity contribution is 0.0670. The summed E-state index contributed by atoms with van der Waals surface area (Å²) in [5, 5.41) is 4.35. The summed E-state index contributed by atoms with van der Waals surface area (Å²) < 4.78 is 12.0. The Morgan fingerprint density at radius 1 is 1.29 bits per heavy atom. The highest BCUT2D eigenvalue weighted by atomic mass is 79.9. The molecular formula is C19H17BrN4O4. The largest absolute Gasteiger partial charge is 0.513 e. The molecule has 1 aromatic carbocycles. The van der Waals surface area contributed by atoms with Crippen molar-refractivity contribution in [2.24, 2.45) is 0 Å². The lowest BCUT2D eigenvalue weighted by Crippen LogP contribution is -2.39. The van der Waals surface area contributed by atoms with E-state index in [1.807, 2.05) is 13.0 Å². The van der Waals surface area contributed by atoms with Crippen LogP contribution in [-0.4, -0.2) is 45.2 Å². The first-order valence-corrected chi connectivity index (χ1v) is 9.46. The Morgan fingerprint density at radius 3 is 2.89 bits per heavy atom. The van der Waals surface area contributed by atoms with Crippen LogP contribution in [0.4, 0.5) is 4.79 Å². The van der Waals surface area contributed by atoms with Gasteiger partial charge in [0.25, 0.3) is 5.91 Å². The van der Waals surface area contributed by atoms with Crippen molar-refractivity contribution in [3.05, 3.63) is 58.0 Å². The SMILES string of the molecule is COC(=O)Oc1ccc2c(c1)C(C)N(C(=O)c1cc3ncc(Br)cn3n1)CC2. The number of rotatable bonds is 2. The summed E-state index contributed by atoms with van der Waals surface area (Å²) in [6.45, 7) is 2.53. The summed E-state index contributed by atoms with van der Waals surface area (Å²) in [4.78, 5) is 30.5. The number of nitrogens with zero attached hydrogens (tertiary/aromatic N) is 4. The normalized spacial score (nSPS) is 16.0. The quantitative estimate of drug-likeness (QED) is 0.444. The zero-order valence-electron chi connectivity index (χ0n) is 15.3. The van der Waals surface area contributed by atoms with Crippen LogP contribution in [0.25, 0.3) is 5.65 Å². The van der Waals surface area contributed by atoms with Gasteiger partial charge in [0.05, 0.1) is 17.6 Å². The lowest BCUT2D eigenvalue weighted by atomic mass is 9.93. The summed E-state index contributed by atoms with van der Waals surface area (Å²) >= 11 is 3.35. The summed E-state index contributed by atoms with van der Waals surface area (Å²) in [5.74, 6) is 0.215. The molecule has 1 atom stereocenters. The maximum atomic E-state index is 13.1. The Morgan fingerprint density at radius 2 is 2.11 bits per heavy atom. The standard InChI is InChI=1S/C19H17BrN4O4/c1-11-15-7-14(28-19(26)27-2)4-3-12(15)5-6-23(11)18(25)16-8-17-21-9-13(20)10-24(17)22-16/h3-4,7-11H,5-6H2,1-2H3. The van der Waals surface area contributed by atoms with E-state index in [4.69, 9.17) is 4.74 Å². The fraction of sp³-hybridized carbons (Fsp3) is 0.263. The van der Waals surface area contributed by atoms with E-state index in [2.05, 4.69) is 30.7 Å². The minimum Gasteiger partial charge on any atom is -0.437 e. The van der Waals surface area contributed by atoms with Gasteiger partial charge in [0.15, 0.2) is 11.3 Å². The van der Waals surface area contributed by atoms with Crippen LogP contribution in [0.3, 0.4) is 0 Å². The van der Waals surface area contributed by atoms with Gasteiger partial charge in [-0.05, 0) is 52.5 Å². The molecule has 0 aliphatic carbocycles. The van der Waals surface area contributed by atoms with Gasteiger partial charge in [0.2, 0.25) is 0 Å². The molecule has 144 valence electrons. The van der Waals surface area contributed by atoms with Crippen molar-refractivity contribution in [2.45, 2.75) is 19.4 Å². The Bertz CT molecular complexity index is 1080. The average molecular weight is 445 g/mol. The van der Waals surface area contributed by atoms with Crippen LogP contribution < -0.4 is 4.74 Å². The second-order valence-corrected chi connectivity index (χ2v) is 7.36. The molecule has 3 aromatic rings. The maximum absolute atomic E-state index is 13.1. The number of hydrogen-bond acceptors (Lipinski definition) is 6. The van der Waals surface area contributed by atoms with Gasteiger partial charge in [-0.2, -0.15) is 5.10 Å². The Kier molecular flexibility index (Phi) is 4.76. The van der Waals surface area contributed by atoms with E-state index in [1.165, 1.54) is 7.11 Å². The Balaban J connectivity index is 1.62. The van der Waals surface area contributed by atoms with Crippen molar-refractivity contribution in [1.29, 1.82) is 0 Å². The van der Waals surface area contributed by atoms with Gasteiger partial charge in [-0.3, -0.25) is 4.79 Å². The van der Waals surface area contributed by atoms with E-state index in [1.54, 1.807) is 40.0 Å². The zero-order valence-corrected chi connectivity index (χ0v) is 16.8. The maximum Gasteiger partial charge on any atom is 0.513 e. The molecule has 0 spiro atoms. The summed E-state index contributed by atoms with van der Waals surface area (Å²) in [7, 11) is 1.26. The first-order chi connectivity index (χ1) is 13.5. The molecule has 0 radical (unpaired) electrons. The first-order valence-electron chi connectivity index (χ1n) is 8.67. The fourth-order valence-electron chi connectivity index (χ4n) is 3.38. The number of hydrogen-bond donors (Lipinski definition) is 0. The monoisotopic (exact) mass is 444 g/mol. The van der Waals surface area contributed by atoms with Gasteiger partial charge < -0.3 is 14.4 Å². The summed E-state index contributed by atoms with van der Waals surface area (Å²) in [5.41, 5.74) is 2.99. The van der Waals surface area contributed by atoms with E-state index in [9.17, 15) is 9.59 Å². The molecule has 9 heteroatoms. The lowest BCUT2D eigenvalue weighted by Gasteiger charge is -2.35. The Hall–Kier alpha value is -2.94. The molecule has 28 heavy (non-hydrogen) atoms. The average Bonchev–Trinajstić information content (AvgIpc) is 3.11. The number of halogens is 1. The van der Waals surface area contributed by atoms with Crippen LogP contribution in [-0.2, 0) is 11.2 Å². The highest BCUT2D eigenvalue weighted by Gasteiger charge is 2.30. The van der Waals surface area contributed by atoms with Crippen molar-refractivity contribution >= 4 is 33.6 Å². The van der Waals surface area contributed by atoms with Crippen molar-refractivity contribution in [3.63, 3.8) is 0 Å². The van der Waals surface area contributed by atoms with Gasteiger partial charge in [0, 0.05) is 25.0 Å². The second kappa shape index (κ2) is 7.23. The number of aromatic nitrogens is 3. The van der Waals surface area contributed by atoms with E-state index in [0.717, 1.165) is 15.6 Å². The summed E-state index contributed by atoms with van der Waals surface area (Å²) in [6.07, 6.45) is 3.35. The second-order valence-electron chi connectivity index (χ2n) is 6.45. The third kappa shape index (κ3) is 3.33. The van der Waals surface area contributed by atoms with Crippen LogP contribution in [0, 0.1) is 0 Å². The molecule has 1 unspecified atom stereocenters. The van der Waals surface area contributed by atoms with E-state index in [-0.39, 0.29) is 11.9 Å². The van der Waals surface area contributed by atoms with Gasteiger partial charge in [0.1, 0.15) is 5.75 Å². The van der Waals surface area contributed by atoms with Crippen molar-refractivity contribution in [1.82, 2.24) is 19.5 Å². The predicted octanol–water partition coefficient (Wildman–Crippen LogP) is 3.40. The number of carbonyl (C=O) groups is 2. The van der Waals surface area contributed by atoms with E-state index >= 15 is 0 Å². The van der Waals surface area contributed by atoms with E-state index in [0.29, 0.717) is 30.1 Å². The molecular weight excluding hydrogens is 428 g/mol. The number of ether oxygens (including phenoxy) is 2. The van der Waals surface area contributed by atoms with Gasteiger partial charge in [-0.25, -0.2) is 14.3 Å². The Labute approximate surface area is 169 Å². The minimum atomic E-state index is -0.778. The van der Waals surface area contributed by atoms with Crippen LogP contribution in [0.2, 0.25) is 0 Å². The van der Waals surface area contributed by atoms with Crippen molar-refractivity contribution in [3.8, 4) is 5.75 Å². The topological polar surface area (TPSA) is 86.0 Å². The van der Waals surface area contributed by atoms with Crippen molar-refractivity contribution in [2.75, 3.05) is 13.7 Å². The molecule has 1 aliphatic heterocycles. The van der Waals surface area contributed by atoms with Crippen LogP contribution in [0.15, 0.2) is 41.1 Å². The van der Waals surface area contributed by atoms with Gasteiger partial charge in [-0.1, -0.05) is 6.07 Å². The molecule has 0 N–H and O–H groups in total. The van der Waals surface area contributed by atoms with Crippen LogP contribution in [0.5, 0.6) is 5.75 Å². The number of methoxy groups -OCH3 is 1. The first kappa shape index (κ1) is 18.4. The number of benzene rings is 1. The molecule has 0 bridgehead atoms. The number of carbonyl (C=O) groups excluding carboxylic acids is 2. The smallest absolute Gasteiger partial charge is 0.437 e. The molecule has 4 rings (SSSR count). The third-order valence-electron chi connectivity index (χ3n) is 4.79. The van der Waals surface area contributed by atoms with Crippen molar-refractivity contribution < 1.29 is 19.1 Å². The summed E-state index contributed by atoms with van der Waals surface area (Å²) in [6, 6.07) is 6.90. The number of amides is 1. The molecule has 8 nitrogen and oxygen atoms in total. The van der Waals surface area contributed by atoms with Gasteiger partial charge >= 0.3 is 6.16 Å². The molecule has 2 aromatic heterocycles. The zero-order chi connectivity index (χ0) is 19.8. The molecule has 3 heterocycles. The molecule has 0 saturated carbocycles. The molecule has 1 amide bonds. The third-order valence-corrected chi connectivity index (χ3v) is 5.20. The van der Waals surface area contributed by atoms with Crippen LogP contribution in [0.1, 0.15) is 34.6 Å².